The van der Waals surface area contributed by atoms with Crippen LogP contribution in [0.3, 0.4) is 0 Å². The zero-order chi connectivity index (χ0) is 12.9. The van der Waals surface area contributed by atoms with Gasteiger partial charge in [0.1, 0.15) is 0 Å². The van der Waals surface area contributed by atoms with Crippen LogP contribution >= 0.6 is 23.2 Å². The molecule has 0 aromatic heterocycles. The topological polar surface area (TPSA) is 26.0 Å². The highest BCUT2D eigenvalue weighted by Gasteiger charge is 2.23. The SMILES string of the molecule is CCCCC(N)(CC)Cc1ccc(Cl)cc1Cl. The first-order valence-corrected chi connectivity index (χ1v) is 6.99. The summed E-state index contributed by atoms with van der Waals surface area (Å²) in [5, 5.41) is 1.39. The van der Waals surface area contributed by atoms with Crippen LogP contribution in [0, 0.1) is 0 Å². The Balaban J connectivity index is 2.79. The minimum atomic E-state index is -0.145. The molecule has 2 N–H and O–H groups in total. The highest BCUT2D eigenvalue weighted by molar-refractivity contribution is 6.35. The molecule has 0 aliphatic heterocycles. The molecule has 1 rings (SSSR count). The Bertz CT molecular complexity index is 365. The van der Waals surface area contributed by atoms with Gasteiger partial charge >= 0.3 is 0 Å². The third-order valence-corrected chi connectivity index (χ3v) is 3.88. The summed E-state index contributed by atoms with van der Waals surface area (Å²) in [5.41, 5.74) is 7.38. The Morgan fingerprint density at radius 1 is 1.24 bits per heavy atom. The Hall–Kier alpha value is -0.240. The lowest BCUT2D eigenvalue weighted by atomic mass is 9.84. The van der Waals surface area contributed by atoms with Gasteiger partial charge in [-0.1, -0.05) is 56.0 Å². The van der Waals surface area contributed by atoms with E-state index in [0.717, 1.165) is 36.3 Å². The van der Waals surface area contributed by atoms with E-state index < -0.39 is 0 Å². The minimum absolute atomic E-state index is 0.145. The number of halogens is 2. The second-order valence-corrected chi connectivity index (χ2v) is 5.58. The molecule has 0 radical (unpaired) electrons. The molecule has 0 aliphatic rings. The van der Waals surface area contributed by atoms with E-state index >= 15 is 0 Å². The molecule has 1 nitrogen and oxygen atoms in total. The third-order valence-electron chi connectivity index (χ3n) is 3.29. The molecule has 0 bridgehead atoms. The highest BCUT2D eigenvalue weighted by atomic mass is 35.5. The molecule has 17 heavy (non-hydrogen) atoms. The van der Waals surface area contributed by atoms with E-state index in [4.69, 9.17) is 28.9 Å². The Kier molecular flexibility index (Phi) is 5.78. The molecule has 1 unspecified atom stereocenters. The van der Waals surface area contributed by atoms with E-state index in [1.54, 1.807) is 6.07 Å². The maximum absolute atomic E-state index is 6.43. The molecular weight excluding hydrogens is 253 g/mol. The molecule has 0 aliphatic carbocycles. The van der Waals surface area contributed by atoms with Gasteiger partial charge in [0.05, 0.1) is 0 Å². The summed E-state index contributed by atoms with van der Waals surface area (Å²) in [7, 11) is 0. The third kappa shape index (κ3) is 4.50. The monoisotopic (exact) mass is 273 g/mol. The summed E-state index contributed by atoms with van der Waals surface area (Å²) in [5.74, 6) is 0. The van der Waals surface area contributed by atoms with Crippen molar-refractivity contribution in [3.8, 4) is 0 Å². The van der Waals surface area contributed by atoms with Crippen molar-refractivity contribution in [1.82, 2.24) is 0 Å². The Morgan fingerprint density at radius 2 is 1.94 bits per heavy atom. The van der Waals surface area contributed by atoms with Crippen molar-refractivity contribution in [2.45, 2.75) is 51.5 Å². The van der Waals surface area contributed by atoms with E-state index in [1.165, 1.54) is 6.42 Å². The van der Waals surface area contributed by atoms with Gasteiger partial charge in [-0.05, 0) is 37.0 Å². The van der Waals surface area contributed by atoms with Crippen molar-refractivity contribution in [2.75, 3.05) is 0 Å². The van der Waals surface area contributed by atoms with E-state index in [-0.39, 0.29) is 5.54 Å². The van der Waals surface area contributed by atoms with Crippen molar-refractivity contribution >= 4 is 23.2 Å². The first-order chi connectivity index (χ1) is 8.00. The quantitative estimate of drug-likeness (QED) is 0.789. The number of hydrogen-bond acceptors (Lipinski definition) is 1. The molecule has 0 saturated heterocycles. The van der Waals surface area contributed by atoms with Crippen molar-refractivity contribution < 1.29 is 0 Å². The summed E-state index contributed by atoms with van der Waals surface area (Å²) in [6, 6.07) is 5.64. The summed E-state index contributed by atoms with van der Waals surface area (Å²) in [6.07, 6.45) is 5.16. The number of benzene rings is 1. The maximum atomic E-state index is 6.43. The van der Waals surface area contributed by atoms with Crippen LogP contribution in [-0.4, -0.2) is 5.54 Å². The van der Waals surface area contributed by atoms with Gasteiger partial charge < -0.3 is 5.73 Å². The number of unbranched alkanes of at least 4 members (excludes halogenated alkanes) is 1. The van der Waals surface area contributed by atoms with Crippen molar-refractivity contribution in [2.24, 2.45) is 5.73 Å². The molecule has 0 fully saturated rings. The first-order valence-electron chi connectivity index (χ1n) is 6.23. The van der Waals surface area contributed by atoms with Crippen LogP contribution in [0.1, 0.15) is 45.1 Å². The van der Waals surface area contributed by atoms with Gasteiger partial charge in [0.15, 0.2) is 0 Å². The van der Waals surface area contributed by atoms with E-state index in [9.17, 15) is 0 Å². The smallest absolute Gasteiger partial charge is 0.0453 e. The fourth-order valence-corrected chi connectivity index (χ4v) is 2.44. The second kappa shape index (κ2) is 6.63. The summed E-state index contributed by atoms with van der Waals surface area (Å²) < 4.78 is 0. The number of nitrogens with two attached hydrogens (primary N) is 1. The van der Waals surface area contributed by atoms with E-state index in [2.05, 4.69) is 13.8 Å². The van der Waals surface area contributed by atoms with Crippen LogP contribution in [0.15, 0.2) is 18.2 Å². The van der Waals surface area contributed by atoms with Crippen LogP contribution in [0.2, 0.25) is 10.0 Å². The fourth-order valence-electron chi connectivity index (χ4n) is 1.96. The summed E-state index contributed by atoms with van der Waals surface area (Å²) in [4.78, 5) is 0. The molecule has 96 valence electrons. The molecular formula is C14H21Cl2N. The molecule has 0 spiro atoms. The van der Waals surface area contributed by atoms with Crippen molar-refractivity contribution in [3.63, 3.8) is 0 Å². The van der Waals surface area contributed by atoms with Gasteiger partial charge in [-0.2, -0.15) is 0 Å². The van der Waals surface area contributed by atoms with Gasteiger partial charge in [0.2, 0.25) is 0 Å². The zero-order valence-corrected chi connectivity index (χ0v) is 12.1. The average Bonchev–Trinajstić information content (AvgIpc) is 2.30. The van der Waals surface area contributed by atoms with Crippen LogP contribution in [-0.2, 0) is 6.42 Å². The van der Waals surface area contributed by atoms with Gasteiger partial charge in [-0.3, -0.25) is 0 Å². The lowest BCUT2D eigenvalue weighted by Crippen LogP contribution is -2.41. The van der Waals surface area contributed by atoms with Crippen LogP contribution in [0.5, 0.6) is 0 Å². The molecule has 0 saturated carbocycles. The molecule has 0 amide bonds. The van der Waals surface area contributed by atoms with E-state index in [0.29, 0.717) is 5.02 Å². The van der Waals surface area contributed by atoms with Crippen LogP contribution < -0.4 is 5.73 Å². The number of hydrogen-bond donors (Lipinski definition) is 1. The highest BCUT2D eigenvalue weighted by Crippen LogP contribution is 2.27. The Labute approximate surface area is 114 Å². The lowest BCUT2D eigenvalue weighted by molar-refractivity contribution is 0.365. The normalized spacial score (nSPS) is 14.6. The molecule has 1 aromatic carbocycles. The van der Waals surface area contributed by atoms with Gasteiger partial charge in [0.25, 0.3) is 0 Å². The van der Waals surface area contributed by atoms with Gasteiger partial charge in [0, 0.05) is 15.6 Å². The average molecular weight is 274 g/mol. The minimum Gasteiger partial charge on any atom is -0.325 e. The number of rotatable bonds is 6. The standard InChI is InChI=1S/C14H21Cl2N/c1-3-5-8-14(17,4-2)10-11-6-7-12(15)9-13(11)16/h6-7,9H,3-5,8,10,17H2,1-2H3. The largest absolute Gasteiger partial charge is 0.325 e. The molecule has 0 heterocycles. The van der Waals surface area contributed by atoms with E-state index in [1.807, 2.05) is 12.1 Å². The fraction of sp³-hybridized carbons (Fsp3) is 0.571. The summed E-state index contributed by atoms with van der Waals surface area (Å²) >= 11 is 12.1. The zero-order valence-electron chi connectivity index (χ0n) is 10.6. The van der Waals surface area contributed by atoms with Crippen LogP contribution in [0.4, 0.5) is 0 Å². The lowest BCUT2D eigenvalue weighted by Gasteiger charge is -2.28. The van der Waals surface area contributed by atoms with Gasteiger partial charge in [-0.15, -0.1) is 0 Å². The first kappa shape index (κ1) is 14.8. The van der Waals surface area contributed by atoms with Crippen molar-refractivity contribution in [1.29, 1.82) is 0 Å². The second-order valence-electron chi connectivity index (χ2n) is 4.73. The predicted octanol–water partition coefficient (Wildman–Crippen LogP) is 4.83. The molecule has 1 atom stereocenters. The van der Waals surface area contributed by atoms with Crippen molar-refractivity contribution in [3.05, 3.63) is 33.8 Å². The molecule has 3 heteroatoms. The predicted molar refractivity (Wildman–Crippen MR) is 76.9 cm³/mol. The van der Waals surface area contributed by atoms with Gasteiger partial charge in [-0.25, -0.2) is 0 Å². The maximum Gasteiger partial charge on any atom is 0.0453 e. The Morgan fingerprint density at radius 3 is 2.47 bits per heavy atom. The van der Waals surface area contributed by atoms with Crippen LogP contribution in [0.25, 0.3) is 0 Å². The summed E-state index contributed by atoms with van der Waals surface area (Å²) in [6.45, 7) is 4.32. The molecule has 1 aromatic rings.